The van der Waals surface area contributed by atoms with E-state index in [9.17, 15) is 0 Å². The van der Waals surface area contributed by atoms with Gasteiger partial charge in [-0.2, -0.15) is 0 Å². The Balaban J connectivity index is 2.31. The summed E-state index contributed by atoms with van der Waals surface area (Å²) in [5, 5.41) is 0. The maximum Gasteiger partial charge on any atom is 0.153 e. The summed E-state index contributed by atoms with van der Waals surface area (Å²) in [6.45, 7) is 7.24. The molecule has 1 aromatic carbocycles. The molecule has 2 rings (SSSR count). The molecule has 1 saturated heterocycles. The molecular formula is C14H23NSi. The van der Waals surface area contributed by atoms with Gasteiger partial charge in [-0.05, 0) is 38.1 Å². The molecule has 0 spiro atoms. The number of hydrogen-bond acceptors (Lipinski definition) is 1. The lowest BCUT2D eigenvalue weighted by molar-refractivity contribution is 0.802. The topological polar surface area (TPSA) is 3.24 Å². The molecule has 0 unspecified atom stereocenters. The Labute approximate surface area is 101 Å². The number of hydrogen-bond donors (Lipinski definition) is 0. The van der Waals surface area contributed by atoms with Crippen molar-refractivity contribution < 1.29 is 0 Å². The molecule has 1 heterocycles. The van der Waals surface area contributed by atoms with Crippen molar-refractivity contribution in [3.8, 4) is 0 Å². The molecule has 0 aromatic heterocycles. The van der Waals surface area contributed by atoms with Gasteiger partial charge in [0.15, 0.2) is 8.24 Å². The summed E-state index contributed by atoms with van der Waals surface area (Å²) < 4.78 is 2.75. The number of nitrogens with zero attached hydrogens (tertiary/aromatic N) is 1. The molecule has 0 aliphatic carbocycles. The highest BCUT2D eigenvalue weighted by molar-refractivity contribution is 6.82. The van der Waals surface area contributed by atoms with Crippen molar-refractivity contribution in [3.05, 3.63) is 30.3 Å². The second kappa shape index (κ2) is 4.62. The third kappa shape index (κ3) is 2.17. The Bertz CT molecular complexity index is 328. The highest BCUT2D eigenvalue weighted by Gasteiger charge is 2.39. The normalized spacial score (nSPS) is 19.0. The second-order valence-corrected chi connectivity index (χ2v) is 9.98. The van der Waals surface area contributed by atoms with Crippen molar-refractivity contribution in [2.24, 2.45) is 0 Å². The van der Waals surface area contributed by atoms with Crippen molar-refractivity contribution in [3.63, 3.8) is 0 Å². The lowest BCUT2D eigenvalue weighted by atomic mass is 10.3. The van der Waals surface area contributed by atoms with Gasteiger partial charge < -0.3 is 4.57 Å². The first-order valence-corrected chi connectivity index (χ1v) is 9.34. The monoisotopic (exact) mass is 233 g/mol. The van der Waals surface area contributed by atoms with Crippen LogP contribution < -0.4 is 4.57 Å². The van der Waals surface area contributed by atoms with Crippen molar-refractivity contribution in [1.29, 1.82) is 0 Å². The fourth-order valence-electron chi connectivity index (χ4n) is 3.20. The summed E-state index contributed by atoms with van der Waals surface area (Å²) in [6.07, 6.45) is 2.89. The first kappa shape index (κ1) is 11.7. The Morgan fingerprint density at radius 2 is 1.62 bits per heavy atom. The van der Waals surface area contributed by atoms with Crippen LogP contribution in [0.5, 0.6) is 0 Å². The number of rotatable bonds is 3. The van der Waals surface area contributed by atoms with E-state index in [-0.39, 0.29) is 0 Å². The zero-order valence-electron chi connectivity index (χ0n) is 10.7. The molecule has 0 saturated carbocycles. The fourth-order valence-corrected chi connectivity index (χ4v) is 7.97. The predicted octanol–water partition coefficient (Wildman–Crippen LogP) is 4.27. The molecule has 0 radical (unpaired) electrons. The third-order valence-electron chi connectivity index (χ3n) is 3.81. The lowest BCUT2D eigenvalue weighted by Crippen LogP contribution is -2.52. The van der Waals surface area contributed by atoms with Crippen LogP contribution in [0.1, 0.15) is 26.7 Å². The molecule has 0 bridgehead atoms. The van der Waals surface area contributed by atoms with Gasteiger partial charge in [0, 0.05) is 11.7 Å². The first-order chi connectivity index (χ1) is 7.63. The van der Waals surface area contributed by atoms with Crippen molar-refractivity contribution in [1.82, 2.24) is 0 Å². The molecule has 1 aliphatic rings. The average Bonchev–Trinajstić information content (AvgIpc) is 2.67. The largest absolute Gasteiger partial charge is 0.395 e. The number of benzene rings is 1. The third-order valence-corrected chi connectivity index (χ3v) is 8.61. The minimum Gasteiger partial charge on any atom is -0.395 e. The molecule has 0 amide bonds. The van der Waals surface area contributed by atoms with Gasteiger partial charge in [0.05, 0.1) is 0 Å². The van der Waals surface area contributed by atoms with Crippen LogP contribution in [0.3, 0.4) is 0 Å². The SMILES string of the molecule is CC(C)N(c1ccccc1)[Si]1(C)CCCC1. The zero-order chi connectivity index (χ0) is 11.6. The maximum absolute atomic E-state index is 2.75. The van der Waals surface area contributed by atoms with Crippen LogP contribution in [0.2, 0.25) is 18.6 Å². The quantitative estimate of drug-likeness (QED) is 0.705. The second-order valence-electron chi connectivity index (χ2n) is 5.50. The van der Waals surface area contributed by atoms with Gasteiger partial charge in [-0.15, -0.1) is 0 Å². The molecule has 1 fully saturated rings. The van der Waals surface area contributed by atoms with E-state index >= 15 is 0 Å². The van der Waals surface area contributed by atoms with E-state index in [2.05, 4.69) is 55.3 Å². The van der Waals surface area contributed by atoms with Gasteiger partial charge in [0.2, 0.25) is 0 Å². The fraction of sp³-hybridized carbons (Fsp3) is 0.571. The molecule has 0 atom stereocenters. The van der Waals surface area contributed by atoms with E-state index < -0.39 is 8.24 Å². The van der Waals surface area contributed by atoms with Gasteiger partial charge in [-0.3, -0.25) is 0 Å². The van der Waals surface area contributed by atoms with E-state index in [1.807, 2.05) is 0 Å². The van der Waals surface area contributed by atoms with Crippen LogP contribution in [0, 0.1) is 0 Å². The van der Waals surface area contributed by atoms with Crippen molar-refractivity contribution in [2.75, 3.05) is 4.57 Å². The smallest absolute Gasteiger partial charge is 0.153 e. The Hall–Kier alpha value is -0.763. The molecule has 0 N–H and O–H groups in total. The molecule has 16 heavy (non-hydrogen) atoms. The van der Waals surface area contributed by atoms with Crippen molar-refractivity contribution in [2.45, 2.75) is 51.4 Å². The molecule has 2 heteroatoms. The summed E-state index contributed by atoms with van der Waals surface area (Å²) in [5.74, 6) is 0. The lowest BCUT2D eigenvalue weighted by Gasteiger charge is -2.42. The highest BCUT2D eigenvalue weighted by atomic mass is 28.3. The van der Waals surface area contributed by atoms with Crippen LogP contribution in [0.15, 0.2) is 30.3 Å². The van der Waals surface area contributed by atoms with Crippen LogP contribution in [0.25, 0.3) is 0 Å². The van der Waals surface area contributed by atoms with Gasteiger partial charge in [0.1, 0.15) is 0 Å². The van der Waals surface area contributed by atoms with E-state index in [1.165, 1.54) is 30.6 Å². The Kier molecular flexibility index (Phi) is 3.38. The molecule has 88 valence electrons. The number of anilines is 1. The predicted molar refractivity (Wildman–Crippen MR) is 74.5 cm³/mol. The summed E-state index contributed by atoms with van der Waals surface area (Å²) in [5.41, 5.74) is 1.44. The van der Waals surface area contributed by atoms with Crippen LogP contribution in [-0.4, -0.2) is 14.3 Å². The van der Waals surface area contributed by atoms with Gasteiger partial charge >= 0.3 is 0 Å². The van der Waals surface area contributed by atoms with E-state index in [1.54, 1.807) is 0 Å². The first-order valence-electron chi connectivity index (χ1n) is 6.48. The van der Waals surface area contributed by atoms with Crippen molar-refractivity contribution >= 4 is 13.9 Å². The average molecular weight is 233 g/mol. The minimum absolute atomic E-state index is 0.636. The molecule has 1 aromatic rings. The summed E-state index contributed by atoms with van der Waals surface area (Å²) >= 11 is 0. The summed E-state index contributed by atoms with van der Waals surface area (Å²) in [4.78, 5) is 0. The summed E-state index contributed by atoms with van der Waals surface area (Å²) in [7, 11) is -1.19. The Morgan fingerprint density at radius 1 is 1.06 bits per heavy atom. The summed E-state index contributed by atoms with van der Waals surface area (Å²) in [6, 6.07) is 14.6. The highest BCUT2D eigenvalue weighted by Crippen LogP contribution is 2.37. The Morgan fingerprint density at radius 3 is 2.12 bits per heavy atom. The number of para-hydroxylation sites is 1. The maximum atomic E-state index is 2.75. The van der Waals surface area contributed by atoms with Crippen LogP contribution in [-0.2, 0) is 0 Å². The minimum atomic E-state index is -1.19. The standard InChI is InChI=1S/C14H23NSi/c1-13(2)15(14-9-5-4-6-10-14)16(3)11-7-8-12-16/h4-6,9-10,13H,7-8,11-12H2,1-3H3. The van der Waals surface area contributed by atoms with Gasteiger partial charge in [-0.1, -0.05) is 37.6 Å². The van der Waals surface area contributed by atoms with E-state index in [0.29, 0.717) is 6.04 Å². The van der Waals surface area contributed by atoms with E-state index in [0.717, 1.165) is 0 Å². The zero-order valence-corrected chi connectivity index (χ0v) is 11.7. The molecule has 1 aliphatic heterocycles. The van der Waals surface area contributed by atoms with Gasteiger partial charge in [0.25, 0.3) is 0 Å². The molecular weight excluding hydrogens is 210 g/mol. The van der Waals surface area contributed by atoms with Crippen LogP contribution >= 0.6 is 0 Å². The van der Waals surface area contributed by atoms with E-state index in [4.69, 9.17) is 0 Å². The van der Waals surface area contributed by atoms with Gasteiger partial charge in [-0.25, -0.2) is 0 Å². The molecule has 1 nitrogen and oxygen atoms in total. The van der Waals surface area contributed by atoms with Crippen LogP contribution in [0.4, 0.5) is 5.69 Å².